The van der Waals surface area contributed by atoms with E-state index in [1.54, 1.807) is 37.7 Å². The van der Waals surface area contributed by atoms with Crippen molar-refractivity contribution in [1.29, 1.82) is 0 Å². The zero-order valence-corrected chi connectivity index (χ0v) is 22.7. The summed E-state index contributed by atoms with van der Waals surface area (Å²) in [4.78, 5) is 17.3. The van der Waals surface area contributed by atoms with Crippen LogP contribution < -0.4 is 14.2 Å². The van der Waals surface area contributed by atoms with Crippen LogP contribution in [0.1, 0.15) is 35.2 Å². The van der Waals surface area contributed by atoms with Crippen molar-refractivity contribution in [3.05, 3.63) is 76.8 Å². The van der Waals surface area contributed by atoms with Gasteiger partial charge in [-0.1, -0.05) is 18.0 Å². The van der Waals surface area contributed by atoms with E-state index < -0.39 is 0 Å². The van der Waals surface area contributed by atoms with Gasteiger partial charge in [-0.25, -0.2) is 0 Å². The first-order valence-corrected chi connectivity index (χ1v) is 13.7. The molecule has 5 rings (SSSR count). The van der Waals surface area contributed by atoms with Gasteiger partial charge >= 0.3 is 0 Å². The van der Waals surface area contributed by atoms with E-state index in [9.17, 15) is 4.79 Å². The van der Waals surface area contributed by atoms with Gasteiger partial charge in [-0.15, -0.1) is 11.3 Å². The first kappa shape index (κ1) is 25.6. The summed E-state index contributed by atoms with van der Waals surface area (Å²) in [5, 5.41) is 1.26. The van der Waals surface area contributed by atoms with Crippen LogP contribution in [0.5, 0.6) is 17.2 Å². The molecule has 7 heteroatoms. The fourth-order valence-electron chi connectivity index (χ4n) is 4.76. The normalized spacial score (nSPS) is 14.0. The second-order valence-electron chi connectivity index (χ2n) is 9.12. The summed E-state index contributed by atoms with van der Waals surface area (Å²) in [6.45, 7) is 3.76. The van der Waals surface area contributed by atoms with Crippen molar-refractivity contribution < 1.29 is 19.0 Å². The summed E-state index contributed by atoms with van der Waals surface area (Å²) in [6.07, 6.45) is 3.83. The van der Waals surface area contributed by atoms with Crippen LogP contribution in [0.4, 0.5) is 0 Å². The van der Waals surface area contributed by atoms with Gasteiger partial charge in [0, 0.05) is 32.6 Å². The molecule has 0 amide bonds. The number of fused-ring (bicyclic) bond motifs is 1. The molecule has 1 fully saturated rings. The van der Waals surface area contributed by atoms with Crippen molar-refractivity contribution in [3.8, 4) is 27.7 Å². The average molecular weight is 536 g/mol. The third-order valence-corrected chi connectivity index (χ3v) is 8.30. The second kappa shape index (κ2) is 11.5. The fourth-order valence-corrected chi connectivity index (χ4v) is 6.25. The molecule has 0 N–H and O–H groups in total. The molecule has 4 aromatic rings. The second-order valence-corrected chi connectivity index (χ2v) is 10.6. The van der Waals surface area contributed by atoms with E-state index >= 15 is 0 Å². The van der Waals surface area contributed by atoms with Crippen molar-refractivity contribution in [2.24, 2.45) is 0 Å². The summed E-state index contributed by atoms with van der Waals surface area (Å²) in [5.74, 6) is 2.07. The number of likely N-dealkylation sites (tertiary alicyclic amines) is 1. The van der Waals surface area contributed by atoms with E-state index in [-0.39, 0.29) is 5.78 Å². The average Bonchev–Trinajstić information content (AvgIpc) is 3.32. The molecule has 1 aromatic heterocycles. The molecule has 1 aliphatic rings. The number of hydrogen-bond acceptors (Lipinski definition) is 6. The number of thiophene rings is 1. The number of piperidine rings is 1. The number of ether oxygens (including phenoxy) is 3. The van der Waals surface area contributed by atoms with Gasteiger partial charge in [-0.05, 0) is 92.2 Å². The lowest BCUT2D eigenvalue weighted by Gasteiger charge is -2.26. The largest absolute Gasteiger partial charge is 0.497 e. The first-order valence-electron chi connectivity index (χ1n) is 12.5. The fraction of sp³-hybridized carbons (Fsp3) is 0.300. The third kappa shape index (κ3) is 5.61. The molecule has 2 heterocycles. The Morgan fingerprint density at radius 2 is 1.59 bits per heavy atom. The Labute approximate surface area is 226 Å². The van der Waals surface area contributed by atoms with Crippen molar-refractivity contribution in [2.45, 2.75) is 19.3 Å². The van der Waals surface area contributed by atoms with Gasteiger partial charge < -0.3 is 14.2 Å². The number of ketones is 1. The van der Waals surface area contributed by atoms with E-state index in [2.05, 4.69) is 4.90 Å². The highest BCUT2D eigenvalue weighted by atomic mass is 35.5. The Morgan fingerprint density at radius 1 is 0.892 bits per heavy atom. The predicted octanol–water partition coefficient (Wildman–Crippen LogP) is 7.33. The Bertz CT molecular complexity index is 1390. The SMILES string of the molecule is COc1ccc(-c2sc3cc(OC)ccc3c2C(=O)c2ccc(OCCN3CCCCC3)cc2Cl)cc1. The monoisotopic (exact) mass is 535 g/mol. The van der Waals surface area contributed by atoms with E-state index in [0.29, 0.717) is 28.5 Å². The highest BCUT2D eigenvalue weighted by molar-refractivity contribution is 7.22. The molecule has 0 aliphatic carbocycles. The molecule has 0 spiro atoms. The smallest absolute Gasteiger partial charge is 0.196 e. The van der Waals surface area contributed by atoms with Gasteiger partial charge in [0.05, 0.1) is 19.2 Å². The van der Waals surface area contributed by atoms with Crippen LogP contribution in [-0.4, -0.2) is 51.1 Å². The minimum Gasteiger partial charge on any atom is -0.497 e. The molecule has 3 aromatic carbocycles. The minimum atomic E-state index is -0.118. The summed E-state index contributed by atoms with van der Waals surface area (Å²) < 4.78 is 17.7. The number of methoxy groups -OCH3 is 2. The molecule has 1 aliphatic heterocycles. The lowest BCUT2D eigenvalue weighted by Crippen LogP contribution is -2.33. The maximum Gasteiger partial charge on any atom is 0.196 e. The Morgan fingerprint density at radius 3 is 2.30 bits per heavy atom. The summed E-state index contributed by atoms with van der Waals surface area (Å²) in [7, 11) is 3.28. The number of hydrogen-bond donors (Lipinski definition) is 0. The Kier molecular flexibility index (Phi) is 7.99. The molecule has 0 saturated carbocycles. The lowest BCUT2D eigenvalue weighted by molar-refractivity contribution is 0.104. The molecular weight excluding hydrogens is 506 g/mol. The zero-order valence-electron chi connectivity index (χ0n) is 21.1. The van der Waals surface area contributed by atoms with Crippen LogP contribution >= 0.6 is 22.9 Å². The summed E-state index contributed by atoms with van der Waals surface area (Å²) >= 11 is 8.22. The molecule has 0 radical (unpaired) electrons. The summed E-state index contributed by atoms with van der Waals surface area (Å²) in [6, 6.07) is 18.9. The number of rotatable bonds is 9. The van der Waals surface area contributed by atoms with Crippen LogP contribution in [-0.2, 0) is 0 Å². The van der Waals surface area contributed by atoms with Gasteiger partial charge in [-0.2, -0.15) is 0 Å². The molecule has 0 atom stereocenters. The van der Waals surface area contributed by atoms with Crippen molar-refractivity contribution in [1.82, 2.24) is 4.90 Å². The zero-order chi connectivity index (χ0) is 25.8. The van der Waals surface area contributed by atoms with Gasteiger partial charge in [0.2, 0.25) is 0 Å². The van der Waals surface area contributed by atoms with Crippen LogP contribution in [0.3, 0.4) is 0 Å². The van der Waals surface area contributed by atoms with Crippen molar-refractivity contribution in [2.75, 3.05) is 40.5 Å². The minimum absolute atomic E-state index is 0.118. The highest BCUT2D eigenvalue weighted by Crippen LogP contribution is 2.42. The van der Waals surface area contributed by atoms with Gasteiger partial charge in [0.1, 0.15) is 23.9 Å². The topological polar surface area (TPSA) is 48.0 Å². The molecule has 1 saturated heterocycles. The van der Waals surface area contributed by atoms with Gasteiger partial charge in [0.25, 0.3) is 0 Å². The van der Waals surface area contributed by atoms with Crippen molar-refractivity contribution >= 4 is 38.8 Å². The van der Waals surface area contributed by atoms with E-state index in [1.165, 1.54) is 19.3 Å². The number of carbonyl (C=O) groups excluding carboxylic acids is 1. The summed E-state index contributed by atoms with van der Waals surface area (Å²) in [5.41, 5.74) is 2.03. The predicted molar refractivity (Wildman–Crippen MR) is 151 cm³/mol. The number of halogens is 1. The molecule has 5 nitrogen and oxygen atoms in total. The van der Waals surface area contributed by atoms with Crippen LogP contribution in [0.25, 0.3) is 20.5 Å². The molecule has 192 valence electrons. The Balaban J connectivity index is 1.44. The number of carbonyl (C=O) groups is 1. The quantitative estimate of drug-likeness (QED) is 0.210. The van der Waals surface area contributed by atoms with E-state index in [0.717, 1.165) is 51.7 Å². The van der Waals surface area contributed by atoms with Crippen LogP contribution in [0.2, 0.25) is 5.02 Å². The highest BCUT2D eigenvalue weighted by Gasteiger charge is 2.24. The van der Waals surface area contributed by atoms with E-state index in [1.807, 2.05) is 48.5 Å². The molecule has 37 heavy (non-hydrogen) atoms. The lowest BCUT2D eigenvalue weighted by atomic mass is 9.97. The van der Waals surface area contributed by atoms with Crippen LogP contribution in [0.15, 0.2) is 60.7 Å². The van der Waals surface area contributed by atoms with Gasteiger partial charge in [-0.3, -0.25) is 9.69 Å². The molecule has 0 bridgehead atoms. The van der Waals surface area contributed by atoms with Crippen molar-refractivity contribution in [3.63, 3.8) is 0 Å². The van der Waals surface area contributed by atoms with E-state index in [4.69, 9.17) is 25.8 Å². The standard InChI is InChI=1S/C30H30ClNO4S/c1-34-21-8-6-20(7-9-21)30-28(25-13-10-22(35-2)19-27(25)37-30)29(33)24-12-11-23(18-26(24)31)36-17-16-32-14-4-3-5-15-32/h6-13,18-19H,3-5,14-17H2,1-2H3. The Hall–Kier alpha value is -3.06. The maximum absolute atomic E-state index is 14.0. The molecule has 0 unspecified atom stereocenters. The number of benzene rings is 3. The first-order chi connectivity index (χ1) is 18.1. The maximum atomic E-state index is 14.0. The molecular formula is C30H30ClNO4S. The van der Waals surface area contributed by atoms with Crippen LogP contribution in [0, 0.1) is 0 Å². The third-order valence-electron chi connectivity index (χ3n) is 6.79. The number of nitrogens with zero attached hydrogens (tertiary/aromatic N) is 1. The van der Waals surface area contributed by atoms with Gasteiger partial charge in [0.15, 0.2) is 5.78 Å².